The minimum Gasteiger partial charge on any atom is -0.307 e. The third kappa shape index (κ3) is 7.47. The average Bonchev–Trinajstić information content (AvgIpc) is 3.39. The molecular weight excluding hydrogens is 804 g/mol. The lowest BCUT2D eigenvalue weighted by Crippen LogP contribution is -2.13. The molecule has 66 heavy (non-hydrogen) atoms. The summed E-state index contributed by atoms with van der Waals surface area (Å²) in [5.74, 6) is -0.353. The van der Waals surface area contributed by atoms with Gasteiger partial charge in [-0.2, -0.15) is 5.26 Å². The van der Waals surface area contributed by atoms with Crippen LogP contribution >= 0.6 is 0 Å². The highest BCUT2D eigenvalue weighted by Crippen LogP contribution is 2.47. The molecule has 3 heteroatoms. The van der Waals surface area contributed by atoms with Gasteiger partial charge in [-0.1, -0.05) is 200 Å². The molecule has 0 heterocycles. The van der Waals surface area contributed by atoms with E-state index in [1.165, 1.54) is 49.0 Å². The second kappa shape index (κ2) is 17.4. The van der Waals surface area contributed by atoms with Crippen molar-refractivity contribution in [2.45, 2.75) is 0 Å². The van der Waals surface area contributed by atoms with Crippen molar-refractivity contribution in [2.75, 3.05) is 4.90 Å². The second-order valence-electron chi connectivity index (χ2n) is 16.5. The van der Waals surface area contributed by atoms with Gasteiger partial charge in [0.25, 0.3) is 0 Å². The fourth-order valence-corrected chi connectivity index (χ4v) is 9.41. The van der Waals surface area contributed by atoms with Crippen LogP contribution in [0.5, 0.6) is 0 Å². The molecule has 2 nitrogen and oxygen atoms in total. The van der Waals surface area contributed by atoms with Crippen LogP contribution in [0.4, 0.5) is 21.5 Å². The number of nitriles is 1. The molecule has 0 N–H and O–H groups in total. The normalized spacial score (nSPS) is 11.3. The predicted molar refractivity (Wildman–Crippen MR) is 275 cm³/mol. The van der Waals surface area contributed by atoms with Crippen molar-refractivity contribution in [3.8, 4) is 50.6 Å². The van der Waals surface area contributed by atoms with Crippen molar-refractivity contribution < 1.29 is 4.39 Å². The Hall–Kier alpha value is -8.84. The van der Waals surface area contributed by atoms with E-state index in [2.05, 4.69) is 152 Å². The summed E-state index contributed by atoms with van der Waals surface area (Å²) in [6.07, 6.45) is 4.24. The molecule has 0 spiro atoms. The van der Waals surface area contributed by atoms with E-state index < -0.39 is 0 Å². The minimum atomic E-state index is -0.353. The summed E-state index contributed by atoms with van der Waals surface area (Å²) in [7, 11) is 0. The fraction of sp³-hybridized carbons (Fsp3) is 0. The van der Waals surface area contributed by atoms with Gasteiger partial charge in [-0.25, -0.2) is 4.39 Å². The van der Waals surface area contributed by atoms with Gasteiger partial charge in [-0.05, 0) is 131 Å². The number of hydrogen-bond donors (Lipinski definition) is 0. The molecule has 0 atom stereocenters. The summed E-state index contributed by atoms with van der Waals surface area (Å²) < 4.78 is 17.0. The molecule has 0 aromatic heterocycles. The highest BCUT2D eigenvalue weighted by molar-refractivity contribution is 6.23. The smallest absolute Gasteiger partial charge is 0.148 e. The van der Waals surface area contributed by atoms with E-state index in [0.29, 0.717) is 11.3 Å². The predicted octanol–water partition coefficient (Wildman–Crippen LogP) is 17.5. The number of halogens is 1. The lowest BCUT2D eigenvalue weighted by molar-refractivity contribution is 0.630. The maximum atomic E-state index is 17.0. The summed E-state index contributed by atoms with van der Waals surface area (Å²) in [4.78, 5) is 1.95. The van der Waals surface area contributed by atoms with Gasteiger partial charge >= 0.3 is 0 Å². The van der Waals surface area contributed by atoms with E-state index in [4.69, 9.17) is 0 Å². The number of nitrogens with zero attached hydrogens (tertiary/aromatic N) is 2. The van der Waals surface area contributed by atoms with E-state index >= 15 is 4.39 Å². The SMILES string of the molecule is N#Cc1ccc(N(c2ccc(/C=C/c3ccc(-c4c5ccccc5c(-c5cccc6ccccc56)c5ccccc45)cc3)cc2)c2c(F)cc(-c3ccccc3)cc2-c2ccccc2)cc1. The van der Waals surface area contributed by atoms with E-state index in [1.807, 2.05) is 89.8 Å². The Balaban J connectivity index is 0.944. The van der Waals surface area contributed by atoms with Gasteiger partial charge in [0.15, 0.2) is 0 Å². The number of rotatable bonds is 9. The van der Waals surface area contributed by atoms with E-state index in [-0.39, 0.29) is 5.82 Å². The van der Waals surface area contributed by atoms with Crippen LogP contribution in [0.15, 0.2) is 237 Å². The summed E-state index contributed by atoms with van der Waals surface area (Å²) in [5.41, 5.74) is 12.8. The maximum absolute atomic E-state index is 17.0. The number of hydrogen-bond acceptors (Lipinski definition) is 2. The van der Waals surface area contributed by atoms with E-state index in [9.17, 15) is 5.26 Å². The Labute approximate surface area is 384 Å². The zero-order chi connectivity index (χ0) is 44.4. The summed E-state index contributed by atoms with van der Waals surface area (Å²) >= 11 is 0. The second-order valence-corrected chi connectivity index (χ2v) is 16.5. The molecule has 0 radical (unpaired) electrons. The lowest BCUT2D eigenvalue weighted by Gasteiger charge is -2.29. The first-order valence-corrected chi connectivity index (χ1v) is 22.2. The summed E-state index contributed by atoms with van der Waals surface area (Å²) in [6.45, 7) is 0. The van der Waals surface area contributed by atoms with Crippen LogP contribution < -0.4 is 4.90 Å². The molecule has 0 aliphatic heterocycles. The first-order valence-electron chi connectivity index (χ1n) is 22.2. The molecule has 0 unspecified atom stereocenters. The molecule has 0 fully saturated rings. The van der Waals surface area contributed by atoms with Crippen molar-refractivity contribution in [3.05, 3.63) is 259 Å². The third-order valence-electron chi connectivity index (χ3n) is 12.5. The minimum absolute atomic E-state index is 0.353. The highest BCUT2D eigenvalue weighted by Gasteiger charge is 2.23. The zero-order valence-corrected chi connectivity index (χ0v) is 35.9. The molecule has 11 rings (SSSR count). The molecule has 310 valence electrons. The molecule has 0 saturated heterocycles. The molecule has 0 aliphatic rings. The molecule has 0 amide bonds. The molecule has 0 saturated carbocycles. The molecule has 11 aromatic carbocycles. The Morgan fingerprint density at radius 3 is 1.45 bits per heavy atom. The quantitative estimate of drug-likeness (QED) is 0.107. The van der Waals surface area contributed by atoms with Gasteiger partial charge in [-0.3, -0.25) is 0 Å². The van der Waals surface area contributed by atoms with Gasteiger partial charge < -0.3 is 4.90 Å². The molecule has 11 aromatic rings. The van der Waals surface area contributed by atoms with Crippen LogP contribution in [0.2, 0.25) is 0 Å². The van der Waals surface area contributed by atoms with Crippen molar-refractivity contribution >= 4 is 61.5 Å². The molecular formula is C63H41FN2. The van der Waals surface area contributed by atoms with Crippen LogP contribution in [-0.2, 0) is 0 Å². The largest absolute Gasteiger partial charge is 0.307 e. The van der Waals surface area contributed by atoms with Crippen molar-refractivity contribution in [1.82, 2.24) is 0 Å². The van der Waals surface area contributed by atoms with Gasteiger partial charge in [0.2, 0.25) is 0 Å². The molecule has 0 bridgehead atoms. The summed E-state index contributed by atoms with van der Waals surface area (Å²) in [5, 5.41) is 17.0. The van der Waals surface area contributed by atoms with Crippen molar-refractivity contribution in [2.24, 2.45) is 0 Å². The summed E-state index contributed by atoms with van der Waals surface area (Å²) in [6, 6.07) is 82.8. The topological polar surface area (TPSA) is 27.0 Å². The number of fused-ring (bicyclic) bond motifs is 3. The van der Waals surface area contributed by atoms with E-state index in [1.54, 1.807) is 18.2 Å². The van der Waals surface area contributed by atoms with Gasteiger partial charge in [0.1, 0.15) is 5.82 Å². The number of anilines is 3. The van der Waals surface area contributed by atoms with Crippen molar-refractivity contribution in [3.63, 3.8) is 0 Å². The van der Waals surface area contributed by atoms with E-state index in [0.717, 1.165) is 50.3 Å². The van der Waals surface area contributed by atoms with Gasteiger partial charge in [-0.15, -0.1) is 0 Å². The highest BCUT2D eigenvalue weighted by atomic mass is 19.1. The van der Waals surface area contributed by atoms with Crippen LogP contribution in [0.25, 0.3) is 89.0 Å². The standard InChI is InChI=1S/C63H41FN2/c64-60-41-50(46-14-3-1-4-15-46)40-59(48-16-5-2-6-17-48)63(60)66(52-38-32-45(42-65)33-39-52)51-36-30-44(31-37-51)27-26-43-28-34-49(35-29-43)61-55-21-9-11-23-57(55)62(58-24-12-10-22-56(58)61)54-25-13-19-47-18-7-8-20-53(47)54/h1-41H/b27-26+. The first-order chi connectivity index (χ1) is 32.6. The fourth-order valence-electron chi connectivity index (χ4n) is 9.41. The van der Waals surface area contributed by atoms with Crippen LogP contribution in [0, 0.1) is 17.1 Å². The van der Waals surface area contributed by atoms with Crippen LogP contribution in [-0.4, -0.2) is 0 Å². The van der Waals surface area contributed by atoms with Crippen LogP contribution in [0.3, 0.4) is 0 Å². The lowest BCUT2D eigenvalue weighted by atomic mass is 9.84. The Morgan fingerprint density at radius 2 is 0.864 bits per heavy atom. The molecule has 0 aliphatic carbocycles. The number of benzene rings is 11. The van der Waals surface area contributed by atoms with Crippen LogP contribution in [0.1, 0.15) is 16.7 Å². The van der Waals surface area contributed by atoms with Gasteiger partial charge in [0, 0.05) is 16.9 Å². The Kier molecular flexibility index (Phi) is 10.5. The maximum Gasteiger partial charge on any atom is 0.148 e. The van der Waals surface area contributed by atoms with Crippen molar-refractivity contribution in [1.29, 1.82) is 5.26 Å². The Bertz CT molecular complexity index is 3560. The first kappa shape index (κ1) is 40.0. The monoisotopic (exact) mass is 844 g/mol. The van der Waals surface area contributed by atoms with Gasteiger partial charge in [0.05, 0.1) is 17.3 Å². The third-order valence-corrected chi connectivity index (χ3v) is 12.5. The average molecular weight is 845 g/mol. The zero-order valence-electron chi connectivity index (χ0n) is 35.9. The Morgan fingerprint density at radius 1 is 0.379 bits per heavy atom.